The summed E-state index contributed by atoms with van der Waals surface area (Å²) in [6.07, 6.45) is 1.73. The zero-order chi connectivity index (χ0) is 20.5. The molecular formula is C23H20N6O. The predicted molar refractivity (Wildman–Crippen MR) is 120 cm³/mol. The number of rotatable bonds is 5. The van der Waals surface area contributed by atoms with Crippen LogP contribution in [0.1, 0.15) is 18.1 Å². The van der Waals surface area contributed by atoms with Gasteiger partial charge in [-0.15, -0.1) is 10.2 Å². The van der Waals surface area contributed by atoms with Crippen LogP contribution in [0.5, 0.6) is 5.75 Å². The van der Waals surface area contributed by atoms with Gasteiger partial charge in [-0.2, -0.15) is 10.1 Å². The number of aromatic amines is 1. The van der Waals surface area contributed by atoms with Gasteiger partial charge in [0.25, 0.3) is 5.95 Å². The van der Waals surface area contributed by atoms with Crippen LogP contribution < -0.4 is 10.2 Å². The lowest BCUT2D eigenvalue weighted by Gasteiger charge is -2.10. The van der Waals surface area contributed by atoms with Crippen molar-refractivity contribution in [2.45, 2.75) is 13.8 Å². The van der Waals surface area contributed by atoms with Crippen molar-refractivity contribution in [1.82, 2.24) is 20.2 Å². The normalized spacial score (nSPS) is 11.7. The Bertz CT molecular complexity index is 1410. The number of aryl methyl sites for hydroxylation is 1. The molecule has 0 saturated heterocycles. The van der Waals surface area contributed by atoms with Crippen LogP contribution in [0.4, 0.5) is 5.95 Å². The van der Waals surface area contributed by atoms with E-state index in [2.05, 4.69) is 55.0 Å². The van der Waals surface area contributed by atoms with Gasteiger partial charge in [0, 0.05) is 16.5 Å². The Labute approximate surface area is 172 Å². The van der Waals surface area contributed by atoms with Crippen molar-refractivity contribution in [2.75, 3.05) is 12.0 Å². The van der Waals surface area contributed by atoms with Gasteiger partial charge in [0.15, 0.2) is 5.65 Å². The van der Waals surface area contributed by atoms with Gasteiger partial charge in [0.1, 0.15) is 11.3 Å². The number of ether oxygens (including phenoxy) is 1. The molecule has 0 aliphatic carbocycles. The molecule has 5 rings (SSSR count). The molecule has 0 saturated carbocycles. The lowest BCUT2D eigenvalue weighted by molar-refractivity contribution is 0.340. The maximum absolute atomic E-state index is 5.78. The van der Waals surface area contributed by atoms with E-state index >= 15 is 0 Å². The van der Waals surface area contributed by atoms with Gasteiger partial charge in [-0.1, -0.05) is 42.0 Å². The lowest BCUT2D eigenvalue weighted by Crippen LogP contribution is -2.01. The first-order valence-electron chi connectivity index (χ1n) is 9.79. The molecule has 2 N–H and O–H groups in total. The van der Waals surface area contributed by atoms with Gasteiger partial charge in [0.2, 0.25) is 0 Å². The number of aromatic nitrogens is 4. The molecule has 148 valence electrons. The molecule has 0 unspecified atom stereocenters. The minimum Gasteiger partial charge on any atom is -0.493 e. The van der Waals surface area contributed by atoms with Crippen LogP contribution in [-0.4, -0.2) is 33.0 Å². The van der Waals surface area contributed by atoms with Crippen LogP contribution in [0, 0.1) is 6.92 Å². The minimum absolute atomic E-state index is 0.320. The highest BCUT2D eigenvalue weighted by Gasteiger charge is 2.10. The molecule has 0 bridgehead atoms. The molecule has 30 heavy (non-hydrogen) atoms. The van der Waals surface area contributed by atoms with Crippen LogP contribution in [0.25, 0.3) is 32.8 Å². The first-order valence-corrected chi connectivity index (χ1v) is 9.79. The summed E-state index contributed by atoms with van der Waals surface area (Å²) in [5, 5.41) is 16.0. The van der Waals surface area contributed by atoms with Crippen LogP contribution >= 0.6 is 0 Å². The summed E-state index contributed by atoms with van der Waals surface area (Å²) in [5.41, 5.74) is 7.35. The van der Waals surface area contributed by atoms with Crippen molar-refractivity contribution < 1.29 is 4.74 Å². The van der Waals surface area contributed by atoms with Gasteiger partial charge in [-0.3, -0.25) is 0 Å². The van der Waals surface area contributed by atoms with Gasteiger partial charge < -0.3 is 9.72 Å². The highest BCUT2D eigenvalue weighted by atomic mass is 16.5. The summed E-state index contributed by atoms with van der Waals surface area (Å²) in [4.78, 5) is 7.79. The van der Waals surface area contributed by atoms with Crippen molar-refractivity contribution in [3.63, 3.8) is 0 Å². The Morgan fingerprint density at radius 3 is 2.87 bits per heavy atom. The SMILES string of the molecule is CCOc1ccc2ccccc2c1/C=N/Nc1nnc2c(n1)[nH]c1ccc(C)cc12. The third-order valence-electron chi connectivity index (χ3n) is 4.96. The molecule has 0 spiro atoms. The number of hydrogen-bond acceptors (Lipinski definition) is 6. The minimum atomic E-state index is 0.320. The van der Waals surface area contributed by atoms with Crippen LogP contribution in [0.15, 0.2) is 59.7 Å². The molecule has 0 amide bonds. The van der Waals surface area contributed by atoms with Crippen molar-refractivity contribution in [2.24, 2.45) is 5.10 Å². The van der Waals surface area contributed by atoms with E-state index in [1.54, 1.807) is 6.21 Å². The first kappa shape index (κ1) is 18.1. The Hall–Kier alpha value is -4.00. The zero-order valence-electron chi connectivity index (χ0n) is 16.7. The lowest BCUT2D eigenvalue weighted by atomic mass is 10.0. The summed E-state index contributed by atoms with van der Waals surface area (Å²) in [6, 6.07) is 18.3. The summed E-state index contributed by atoms with van der Waals surface area (Å²) < 4.78 is 5.78. The standard InChI is InChI=1S/C23H20N6O/c1-3-30-20-11-9-15-6-4-5-7-16(15)18(20)13-24-28-23-26-22-21(27-29-23)17-12-14(2)8-10-19(17)25-22/h4-13H,3H2,1-2H3,(H2,25,26,28,29)/b24-13+. The molecule has 0 fully saturated rings. The van der Waals surface area contributed by atoms with E-state index in [1.807, 2.05) is 44.2 Å². The van der Waals surface area contributed by atoms with Crippen molar-refractivity contribution in [3.8, 4) is 5.75 Å². The molecule has 2 heterocycles. The molecule has 7 nitrogen and oxygen atoms in total. The van der Waals surface area contributed by atoms with Crippen molar-refractivity contribution >= 4 is 45.0 Å². The molecule has 0 radical (unpaired) electrons. The number of anilines is 1. The quantitative estimate of drug-likeness (QED) is 0.329. The fourth-order valence-electron chi connectivity index (χ4n) is 3.58. The van der Waals surface area contributed by atoms with E-state index in [1.165, 1.54) is 0 Å². The Morgan fingerprint density at radius 1 is 1.07 bits per heavy atom. The maximum atomic E-state index is 5.78. The van der Waals surface area contributed by atoms with Gasteiger partial charge in [-0.25, -0.2) is 5.43 Å². The molecular weight excluding hydrogens is 376 g/mol. The number of fused-ring (bicyclic) bond motifs is 4. The number of benzene rings is 3. The third kappa shape index (κ3) is 3.20. The van der Waals surface area contributed by atoms with Gasteiger partial charge in [-0.05, 0) is 42.8 Å². The largest absolute Gasteiger partial charge is 0.493 e. The average molecular weight is 396 g/mol. The molecule has 0 aliphatic rings. The molecule has 7 heteroatoms. The number of nitrogens with zero attached hydrogens (tertiary/aromatic N) is 4. The number of hydrazone groups is 1. The van der Waals surface area contributed by atoms with E-state index < -0.39 is 0 Å². The Balaban J connectivity index is 1.48. The summed E-state index contributed by atoms with van der Waals surface area (Å²) in [6.45, 7) is 4.59. The maximum Gasteiger partial charge on any atom is 0.265 e. The fraction of sp³-hybridized carbons (Fsp3) is 0.130. The second-order valence-electron chi connectivity index (χ2n) is 7.01. The molecule has 0 atom stereocenters. The highest BCUT2D eigenvalue weighted by molar-refractivity contribution is 6.04. The van der Waals surface area contributed by atoms with Crippen LogP contribution in [-0.2, 0) is 0 Å². The fourth-order valence-corrected chi connectivity index (χ4v) is 3.58. The second-order valence-corrected chi connectivity index (χ2v) is 7.01. The van der Waals surface area contributed by atoms with Crippen LogP contribution in [0.3, 0.4) is 0 Å². The van der Waals surface area contributed by atoms with E-state index in [0.717, 1.165) is 44.1 Å². The number of nitrogens with one attached hydrogen (secondary N) is 2. The van der Waals surface area contributed by atoms with Crippen LogP contribution in [0.2, 0.25) is 0 Å². The summed E-state index contributed by atoms with van der Waals surface area (Å²) in [7, 11) is 0. The Kier molecular flexibility index (Phi) is 4.48. The smallest absolute Gasteiger partial charge is 0.265 e. The molecule has 3 aromatic carbocycles. The van der Waals surface area contributed by atoms with E-state index in [-0.39, 0.29) is 0 Å². The van der Waals surface area contributed by atoms with Gasteiger partial charge in [0.05, 0.1) is 12.8 Å². The average Bonchev–Trinajstić information content (AvgIpc) is 3.12. The second kappa shape index (κ2) is 7.44. The van der Waals surface area contributed by atoms with Gasteiger partial charge >= 0.3 is 0 Å². The zero-order valence-corrected chi connectivity index (χ0v) is 16.7. The monoisotopic (exact) mass is 396 g/mol. The molecule has 5 aromatic rings. The Morgan fingerprint density at radius 2 is 1.97 bits per heavy atom. The van der Waals surface area contributed by atoms with E-state index in [9.17, 15) is 0 Å². The van der Waals surface area contributed by atoms with Crippen molar-refractivity contribution in [1.29, 1.82) is 0 Å². The van der Waals surface area contributed by atoms with E-state index in [4.69, 9.17) is 4.74 Å². The molecule has 2 aromatic heterocycles. The topological polar surface area (TPSA) is 88.1 Å². The number of hydrogen-bond donors (Lipinski definition) is 2. The molecule has 0 aliphatic heterocycles. The third-order valence-corrected chi connectivity index (χ3v) is 4.96. The summed E-state index contributed by atoms with van der Waals surface area (Å²) in [5.74, 6) is 1.10. The van der Waals surface area contributed by atoms with Crippen molar-refractivity contribution in [3.05, 3.63) is 65.7 Å². The summed E-state index contributed by atoms with van der Waals surface area (Å²) >= 11 is 0. The number of H-pyrrole nitrogens is 1. The first-order chi connectivity index (χ1) is 14.7. The van der Waals surface area contributed by atoms with E-state index in [0.29, 0.717) is 18.2 Å². The highest BCUT2D eigenvalue weighted by Crippen LogP contribution is 2.27. The predicted octanol–water partition coefficient (Wildman–Crippen LogP) is 4.81.